The summed E-state index contributed by atoms with van der Waals surface area (Å²) in [4.78, 5) is 10.7. The van der Waals surface area contributed by atoms with Crippen LogP contribution in [0.15, 0.2) is 23.1 Å². The molecule has 1 N–H and O–H groups in total. The summed E-state index contributed by atoms with van der Waals surface area (Å²) in [6.45, 7) is -0.476. The van der Waals surface area contributed by atoms with Gasteiger partial charge in [-0.15, -0.1) is 0 Å². The predicted molar refractivity (Wildman–Crippen MR) is 63.4 cm³/mol. The molecule has 8 heteroatoms. The van der Waals surface area contributed by atoms with Gasteiger partial charge in [0.05, 0.1) is 22.6 Å². The van der Waals surface area contributed by atoms with Crippen molar-refractivity contribution in [3.05, 3.63) is 28.8 Å². The van der Waals surface area contributed by atoms with Crippen LogP contribution in [0.4, 0.5) is 0 Å². The molecule has 0 heterocycles. The number of esters is 1. The minimum atomic E-state index is -3.86. The minimum Gasteiger partial charge on any atom is -0.468 e. The van der Waals surface area contributed by atoms with Crippen molar-refractivity contribution in [2.75, 3.05) is 13.7 Å². The van der Waals surface area contributed by atoms with Gasteiger partial charge in [-0.25, -0.2) is 8.42 Å². The number of methoxy groups -OCH3 is 1. The highest BCUT2D eigenvalue weighted by molar-refractivity contribution is 7.89. The molecule has 1 rings (SSSR count). The second-order valence-corrected chi connectivity index (χ2v) is 5.33. The molecule has 0 radical (unpaired) electrons. The Morgan fingerprint density at radius 3 is 2.72 bits per heavy atom. The Hall–Kier alpha value is -1.62. The number of benzene rings is 1. The first-order chi connectivity index (χ1) is 8.40. The summed E-state index contributed by atoms with van der Waals surface area (Å²) in [5.74, 6) is -0.710. The summed E-state index contributed by atoms with van der Waals surface area (Å²) in [6.07, 6.45) is 0. The molecule has 0 fully saturated rings. The van der Waals surface area contributed by atoms with E-state index in [9.17, 15) is 13.2 Å². The number of hydrogen-bond donors (Lipinski definition) is 1. The molecule has 0 aliphatic heterocycles. The average Bonchev–Trinajstić information content (AvgIpc) is 2.35. The van der Waals surface area contributed by atoms with Crippen LogP contribution >= 0.6 is 11.6 Å². The number of nitrogens with one attached hydrogen (secondary N) is 1. The van der Waals surface area contributed by atoms with Gasteiger partial charge in [-0.1, -0.05) is 11.6 Å². The largest absolute Gasteiger partial charge is 0.468 e. The third-order valence-electron chi connectivity index (χ3n) is 2.01. The number of hydrogen-bond acceptors (Lipinski definition) is 5. The van der Waals surface area contributed by atoms with Crippen molar-refractivity contribution >= 4 is 27.6 Å². The maximum atomic E-state index is 11.7. The summed E-state index contributed by atoms with van der Waals surface area (Å²) in [7, 11) is -2.71. The second kappa shape index (κ2) is 5.82. The smallest absolute Gasteiger partial charge is 0.320 e. The molecule has 0 saturated carbocycles. The number of halogens is 1. The van der Waals surface area contributed by atoms with Crippen LogP contribution in [-0.2, 0) is 19.6 Å². The SMILES string of the molecule is COC(=O)CNS(=O)(=O)c1ccc(C#N)c(Cl)c1. The Balaban J connectivity index is 2.96. The molecule has 96 valence electrons. The fourth-order valence-electron chi connectivity index (χ4n) is 1.06. The van der Waals surface area contributed by atoms with Crippen LogP contribution in [0.3, 0.4) is 0 Å². The maximum absolute atomic E-state index is 11.7. The molecule has 0 aliphatic rings. The molecular weight excluding hydrogens is 280 g/mol. The number of rotatable bonds is 4. The molecule has 0 amide bonds. The molecule has 6 nitrogen and oxygen atoms in total. The van der Waals surface area contributed by atoms with Gasteiger partial charge in [-0.05, 0) is 18.2 Å². The summed E-state index contributed by atoms with van der Waals surface area (Å²) < 4.78 is 29.8. The van der Waals surface area contributed by atoms with Crippen molar-refractivity contribution in [1.82, 2.24) is 4.72 Å². The van der Waals surface area contributed by atoms with Gasteiger partial charge in [0, 0.05) is 0 Å². The third kappa shape index (κ3) is 3.43. The van der Waals surface area contributed by atoms with Gasteiger partial charge < -0.3 is 4.74 Å². The van der Waals surface area contributed by atoms with E-state index in [1.54, 1.807) is 0 Å². The maximum Gasteiger partial charge on any atom is 0.320 e. The van der Waals surface area contributed by atoms with E-state index in [1.807, 2.05) is 10.8 Å². The van der Waals surface area contributed by atoms with E-state index in [-0.39, 0.29) is 15.5 Å². The summed E-state index contributed by atoms with van der Waals surface area (Å²) in [5.41, 5.74) is 0.170. The second-order valence-electron chi connectivity index (χ2n) is 3.15. The molecule has 0 aromatic heterocycles. The van der Waals surface area contributed by atoms with Gasteiger partial charge in [0.15, 0.2) is 0 Å². The van der Waals surface area contributed by atoms with E-state index in [1.165, 1.54) is 12.1 Å². The van der Waals surface area contributed by atoms with Gasteiger partial charge >= 0.3 is 5.97 Å². The van der Waals surface area contributed by atoms with E-state index in [0.717, 1.165) is 13.2 Å². The first-order valence-corrected chi connectivity index (χ1v) is 6.53. The number of carbonyl (C=O) groups is 1. The highest BCUT2D eigenvalue weighted by Gasteiger charge is 2.17. The Labute approximate surface area is 109 Å². The van der Waals surface area contributed by atoms with E-state index in [2.05, 4.69) is 4.74 Å². The molecule has 0 aliphatic carbocycles. The van der Waals surface area contributed by atoms with E-state index in [4.69, 9.17) is 16.9 Å². The van der Waals surface area contributed by atoms with Crippen molar-refractivity contribution in [3.8, 4) is 6.07 Å². The average molecular weight is 289 g/mol. The lowest BCUT2D eigenvalue weighted by Gasteiger charge is -2.06. The van der Waals surface area contributed by atoms with Crippen LogP contribution in [0.1, 0.15) is 5.56 Å². The standard InChI is InChI=1S/C10H9ClN2O4S/c1-17-10(14)6-13-18(15,16)8-3-2-7(5-12)9(11)4-8/h2-4,13H,6H2,1H3. The molecule has 0 spiro atoms. The van der Waals surface area contributed by atoms with Crippen LogP contribution in [-0.4, -0.2) is 28.0 Å². The van der Waals surface area contributed by atoms with Crippen LogP contribution < -0.4 is 4.72 Å². The van der Waals surface area contributed by atoms with Crippen LogP contribution in [0.5, 0.6) is 0 Å². The minimum absolute atomic E-state index is 0.0263. The highest BCUT2D eigenvalue weighted by atomic mass is 35.5. The van der Waals surface area contributed by atoms with E-state index < -0.39 is 22.5 Å². The lowest BCUT2D eigenvalue weighted by molar-refractivity contribution is -0.139. The summed E-state index contributed by atoms with van der Waals surface area (Å²) in [5, 5.41) is 8.69. The molecule has 1 aromatic carbocycles. The number of sulfonamides is 1. The van der Waals surface area contributed by atoms with Crippen LogP contribution in [0.2, 0.25) is 5.02 Å². The molecule has 0 unspecified atom stereocenters. The van der Waals surface area contributed by atoms with Gasteiger partial charge in [-0.3, -0.25) is 4.79 Å². The zero-order valence-electron chi connectivity index (χ0n) is 9.31. The quantitative estimate of drug-likeness (QED) is 0.821. The van der Waals surface area contributed by atoms with Gasteiger partial charge in [0.25, 0.3) is 0 Å². The molecule has 1 aromatic rings. The lowest BCUT2D eigenvalue weighted by atomic mass is 10.2. The zero-order valence-corrected chi connectivity index (χ0v) is 10.9. The van der Waals surface area contributed by atoms with Crippen LogP contribution in [0.25, 0.3) is 0 Å². The molecular formula is C10H9ClN2O4S. The molecule has 0 saturated heterocycles. The van der Waals surface area contributed by atoms with Crippen molar-refractivity contribution in [2.45, 2.75) is 4.90 Å². The number of ether oxygens (including phenoxy) is 1. The fourth-order valence-corrected chi connectivity index (χ4v) is 2.35. The monoisotopic (exact) mass is 288 g/mol. The summed E-state index contributed by atoms with van der Waals surface area (Å²) >= 11 is 5.72. The first-order valence-electron chi connectivity index (χ1n) is 4.67. The molecule has 0 atom stereocenters. The zero-order chi connectivity index (χ0) is 13.8. The third-order valence-corrected chi connectivity index (χ3v) is 3.72. The number of carbonyl (C=O) groups excluding carboxylic acids is 1. The van der Waals surface area contributed by atoms with Crippen molar-refractivity contribution in [3.63, 3.8) is 0 Å². The van der Waals surface area contributed by atoms with Gasteiger partial charge in [0.2, 0.25) is 10.0 Å². The fraction of sp³-hybridized carbons (Fsp3) is 0.200. The Kier molecular flexibility index (Phi) is 4.67. The van der Waals surface area contributed by atoms with Gasteiger partial charge in [-0.2, -0.15) is 9.98 Å². The molecule has 18 heavy (non-hydrogen) atoms. The van der Waals surface area contributed by atoms with Crippen molar-refractivity contribution in [2.24, 2.45) is 0 Å². The van der Waals surface area contributed by atoms with Crippen LogP contribution in [0, 0.1) is 11.3 Å². The number of nitrogens with zero attached hydrogens (tertiary/aromatic N) is 1. The normalized spacial score (nSPS) is 10.7. The topological polar surface area (TPSA) is 96.3 Å². The van der Waals surface area contributed by atoms with Crippen molar-refractivity contribution in [1.29, 1.82) is 5.26 Å². The first kappa shape index (κ1) is 14.4. The molecule has 0 bridgehead atoms. The summed E-state index contributed by atoms with van der Waals surface area (Å²) in [6, 6.07) is 5.46. The number of nitriles is 1. The Morgan fingerprint density at radius 1 is 1.56 bits per heavy atom. The Morgan fingerprint density at radius 2 is 2.22 bits per heavy atom. The predicted octanol–water partition coefficient (Wildman–Crippen LogP) is 0.663. The lowest BCUT2D eigenvalue weighted by Crippen LogP contribution is -2.30. The Bertz CT molecular complexity index is 607. The highest BCUT2D eigenvalue weighted by Crippen LogP contribution is 2.19. The van der Waals surface area contributed by atoms with E-state index in [0.29, 0.717) is 0 Å². The van der Waals surface area contributed by atoms with E-state index >= 15 is 0 Å². The van der Waals surface area contributed by atoms with Gasteiger partial charge in [0.1, 0.15) is 12.6 Å². The van der Waals surface area contributed by atoms with Crippen molar-refractivity contribution < 1.29 is 17.9 Å².